The van der Waals surface area contributed by atoms with E-state index in [2.05, 4.69) is 46.7 Å². The van der Waals surface area contributed by atoms with Gasteiger partial charge in [0.15, 0.2) is 5.96 Å². The molecule has 0 radical (unpaired) electrons. The van der Waals surface area contributed by atoms with Crippen LogP contribution in [0.25, 0.3) is 0 Å². The second kappa shape index (κ2) is 16.0. The highest BCUT2D eigenvalue weighted by molar-refractivity contribution is 14.0. The number of nitrogens with zero attached hydrogens (tertiary/aromatic N) is 2. The predicted octanol–water partition coefficient (Wildman–Crippen LogP) is 3.01. The molecule has 2 rings (SSSR count). The van der Waals surface area contributed by atoms with E-state index >= 15 is 0 Å². The topological polar surface area (TPSA) is 58.1 Å². The van der Waals surface area contributed by atoms with Crippen LogP contribution in [0.15, 0.2) is 29.3 Å². The zero-order valence-corrected chi connectivity index (χ0v) is 19.7. The molecule has 1 saturated heterocycles. The first-order valence-corrected chi connectivity index (χ1v) is 10.3. The van der Waals surface area contributed by atoms with Crippen molar-refractivity contribution < 1.29 is 9.47 Å². The molecule has 1 aliphatic rings. The number of ether oxygens (including phenoxy) is 2. The Balaban J connectivity index is 0.00000392. The summed E-state index contributed by atoms with van der Waals surface area (Å²) in [6, 6.07) is 8.75. The monoisotopic (exact) mass is 504 g/mol. The van der Waals surface area contributed by atoms with Crippen LogP contribution in [0.4, 0.5) is 0 Å². The van der Waals surface area contributed by atoms with Crippen LogP contribution in [0.1, 0.15) is 37.8 Å². The summed E-state index contributed by atoms with van der Waals surface area (Å²) in [6.07, 6.45) is 2.16. The number of morpholine rings is 1. The van der Waals surface area contributed by atoms with Crippen molar-refractivity contribution in [2.45, 2.75) is 39.8 Å². The molecule has 0 aliphatic carbocycles. The molecule has 28 heavy (non-hydrogen) atoms. The average Bonchev–Trinajstić information content (AvgIpc) is 2.70. The van der Waals surface area contributed by atoms with E-state index in [1.165, 1.54) is 11.1 Å². The lowest BCUT2D eigenvalue weighted by Gasteiger charge is -2.26. The normalized spacial score (nSPS) is 15.1. The fourth-order valence-electron chi connectivity index (χ4n) is 3.04. The molecule has 0 saturated carbocycles. The summed E-state index contributed by atoms with van der Waals surface area (Å²) in [6.45, 7) is 12.9. The maximum absolute atomic E-state index is 5.43. The highest BCUT2D eigenvalue weighted by Gasteiger charge is 2.10. The molecule has 160 valence electrons. The Kier molecular flexibility index (Phi) is 14.3. The minimum atomic E-state index is 0. The summed E-state index contributed by atoms with van der Waals surface area (Å²) in [5.74, 6) is 0.882. The molecule has 0 spiro atoms. The van der Waals surface area contributed by atoms with E-state index in [-0.39, 0.29) is 24.0 Å². The number of halogens is 1. The van der Waals surface area contributed by atoms with Gasteiger partial charge in [-0.3, -0.25) is 4.90 Å². The molecular formula is C21H37IN4O2. The van der Waals surface area contributed by atoms with E-state index in [0.717, 1.165) is 78.0 Å². The quantitative estimate of drug-likeness (QED) is 0.210. The maximum Gasteiger partial charge on any atom is 0.191 e. The molecule has 1 heterocycles. The number of nitrogens with one attached hydrogen (secondary N) is 2. The van der Waals surface area contributed by atoms with Gasteiger partial charge in [-0.25, -0.2) is 4.99 Å². The first kappa shape index (κ1) is 25.1. The fourth-order valence-corrected chi connectivity index (χ4v) is 3.04. The zero-order chi connectivity index (χ0) is 19.2. The van der Waals surface area contributed by atoms with Crippen LogP contribution in [0.5, 0.6) is 0 Å². The van der Waals surface area contributed by atoms with Crippen molar-refractivity contribution in [1.82, 2.24) is 15.5 Å². The third-order valence-corrected chi connectivity index (χ3v) is 4.48. The molecule has 0 atom stereocenters. The second-order valence-corrected chi connectivity index (χ2v) is 6.73. The number of benzene rings is 1. The molecule has 0 unspecified atom stereocenters. The van der Waals surface area contributed by atoms with Crippen LogP contribution in [0.2, 0.25) is 0 Å². The van der Waals surface area contributed by atoms with Crippen LogP contribution in [0.3, 0.4) is 0 Å². The molecule has 0 aromatic heterocycles. The van der Waals surface area contributed by atoms with Gasteiger partial charge in [-0.2, -0.15) is 0 Å². The van der Waals surface area contributed by atoms with Gasteiger partial charge in [0.1, 0.15) is 0 Å². The van der Waals surface area contributed by atoms with Gasteiger partial charge in [0, 0.05) is 45.9 Å². The van der Waals surface area contributed by atoms with Gasteiger partial charge >= 0.3 is 0 Å². The highest BCUT2D eigenvalue weighted by atomic mass is 127. The van der Waals surface area contributed by atoms with Gasteiger partial charge in [0.05, 0.1) is 19.8 Å². The molecule has 1 aromatic carbocycles. The third-order valence-electron chi connectivity index (χ3n) is 4.48. The first-order chi connectivity index (χ1) is 13.3. The number of hydrogen-bond donors (Lipinski definition) is 2. The van der Waals surface area contributed by atoms with Crippen molar-refractivity contribution in [3.63, 3.8) is 0 Å². The lowest BCUT2D eigenvalue weighted by Crippen LogP contribution is -2.37. The van der Waals surface area contributed by atoms with Crippen LogP contribution in [-0.4, -0.2) is 63.5 Å². The summed E-state index contributed by atoms with van der Waals surface area (Å²) < 4.78 is 10.8. The van der Waals surface area contributed by atoms with Crippen molar-refractivity contribution >= 4 is 29.9 Å². The molecule has 1 aliphatic heterocycles. The van der Waals surface area contributed by atoms with Crippen molar-refractivity contribution in [2.75, 3.05) is 52.6 Å². The predicted molar refractivity (Wildman–Crippen MR) is 126 cm³/mol. The summed E-state index contributed by atoms with van der Waals surface area (Å²) in [7, 11) is 0. The lowest BCUT2D eigenvalue weighted by atomic mass is 10.1. The van der Waals surface area contributed by atoms with Crippen molar-refractivity contribution in [2.24, 2.45) is 4.99 Å². The maximum atomic E-state index is 5.43. The minimum Gasteiger partial charge on any atom is -0.382 e. The number of hydrogen-bond acceptors (Lipinski definition) is 4. The third kappa shape index (κ3) is 10.6. The van der Waals surface area contributed by atoms with Crippen LogP contribution in [-0.2, 0) is 22.6 Å². The Labute approximate surface area is 187 Å². The molecule has 2 N–H and O–H groups in total. The van der Waals surface area contributed by atoms with E-state index in [9.17, 15) is 0 Å². The Hall–Kier alpha value is -0.900. The van der Waals surface area contributed by atoms with Gasteiger partial charge in [-0.1, -0.05) is 24.3 Å². The standard InChI is InChI=1S/C21H36N4O2.HI/c1-3-22-21(23-10-5-6-13-26-4-2)24-17-19-8-7-9-20(16-19)18-25-11-14-27-15-12-25;/h7-9,16H,3-6,10-15,17-18H2,1-2H3,(H2,22,23,24);1H. The van der Waals surface area contributed by atoms with E-state index in [1.807, 2.05) is 6.92 Å². The van der Waals surface area contributed by atoms with Crippen LogP contribution < -0.4 is 10.6 Å². The van der Waals surface area contributed by atoms with Crippen LogP contribution in [0, 0.1) is 0 Å². The number of guanidine groups is 1. The van der Waals surface area contributed by atoms with Gasteiger partial charge < -0.3 is 20.1 Å². The average molecular weight is 504 g/mol. The Morgan fingerprint density at radius 3 is 2.68 bits per heavy atom. The highest BCUT2D eigenvalue weighted by Crippen LogP contribution is 2.11. The molecular weight excluding hydrogens is 467 g/mol. The molecule has 7 heteroatoms. The first-order valence-electron chi connectivity index (χ1n) is 10.3. The second-order valence-electron chi connectivity index (χ2n) is 6.73. The van der Waals surface area contributed by atoms with Gasteiger partial charge in [0.25, 0.3) is 0 Å². The van der Waals surface area contributed by atoms with E-state index in [1.54, 1.807) is 0 Å². The lowest BCUT2D eigenvalue weighted by molar-refractivity contribution is 0.0342. The van der Waals surface area contributed by atoms with Gasteiger partial charge in [-0.15, -0.1) is 24.0 Å². The fraction of sp³-hybridized carbons (Fsp3) is 0.667. The van der Waals surface area contributed by atoms with Crippen LogP contribution >= 0.6 is 24.0 Å². The largest absolute Gasteiger partial charge is 0.382 e. The Morgan fingerprint density at radius 1 is 1.14 bits per heavy atom. The van der Waals surface area contributed by atoms with E-state index in [0.29, 0.717) is 6.54 Å². The number of aliphatic imine (C=N–C) groups is 1. The van der Waals surface area contributed by atoms with Crippen molar-refractivity contribution in [1.29, 1.82) is 0 Å². The molecule has 6 nitrogen and oxygen atoms in total. The van der Waals surface area contributed by atoms with Gasteiger partial charge in [0.2, 0.25) is 0 Å². The van der Waals surface area contributed by atoms with Crippen molar-refractivity contribution in [3.8, 4) is 0 Å². The Morgan fingerprint density at radius 2 is 1.93 bits per heavy atom. The molecule has 0 amide bonds. The number of rotatable bonds is 11. The zero-order valence-electron chi connectivity index (χ0n) is 17.4. The van der Waals surface area contributed by atoms with Gasteiger partial charge in [-0.05, 0) is 37.8 Å². The SMILES string of the molecule is CCNC(=NCc1cccc(CN2CCOCC2)c1)NCCCCOCC.I. The summed E-state index contributed by atoms with van der Waals surface area (Å²) in [5, 5.41) is 6.73. The molecule has 1 aromatic rings. The molecule has 1 fully saturated rings. The smallest absolute Gasteiger partial charge is 0.191 e. The summed E-state index contributed by atoms with van der Waals surface area (Å²) >= 11 is 0. The van der Waals surface area contributed by atoms with Crippen molar-refractivity contribution in [3.05, 3.63) is 35.4 Å². The Bertz CT molecular complexity index is 551. The summed E-state index contributed by atoms with van der Waals surface area (Å²) in [5.41, 5.74) is 2.59. The number of unbranched alkanes of at least 4 members (excludes halogenated alkanes) is 1. The van der Waals surface area contributed by atoms with E-state index in [4.69, 9.17) is 14.5 Å². The molecule has 0 bridgehead atoms. The van der Waals surface area contributed by atoms with E-state index < -0.39 is 0 Å². The minimum absolute atomic E-state index is 0. The summed E-state index contributed by atoms with van der Waals surface area (Å²) in [4.78, 5) is 7.18.